The third-order valence-corrected chi connectivity index (χ3v) is 6.03. The first-order valence-electron chi connectivity index (χ1n) is 11.9. The predicted octanol–water partition coefficient (Wildman–Crippen LogP) is 6.14. The van der Waals surface area contributed by atoms with Gasteiger partial charge in [0, 0.05) is 30.8 Å². The zero-order valence-electron chi connectivity index (χ0n) is 20.5. The van der Waals surface area contributed by atoms with Gasteiger partial charge in [-0.25, -0.2) is 9.78 Å². The highest BCUT2D eigenvalue weighted by Crippen LogP contribution is 2.41. The highest BCUT2D eigenvalue weighted by atomic mass is 19.4. The van der Waals surface area contributed by atoms with Crippen LogP contribution in [0.3, 0.4) is 0 Å². The van der Waals surface area contributed by atoms with Crippen LogP contribution < -0.4 is 4.74 Å². The van der Waals surface area contributed by atoms with E-state index in [1.54, 1.807) is 12.1 Å². The maximum absolute atomic E-state index is 14.4. The van der Waals surface area contributed by atoms with Crippen molar-refractivity contribution in [2.24, 2.45) is 0 Å². The standard InChI is InChI=1S/C28H27F3N2O4/c1-3-35-26(34)27(28(29,30)31,33-16-7-8-17-33)19-21-11-13-23(14-12-21)36-18-15-24-20(2)37-25(32-24)22-9-5-4-6-10-22/h4-14,16-17H,3,15,18-19H2,1-2H3/t27-/m0/s1. The monoisotopic (exact) mass is 512 g/mol. The normalized spacial score (nSPS) is 13.2. The summed E-state index contributed by atoms with van der Waals surface area (Å²) in [5.74, 6) is 0.375. The molecule has 0 unspecified atom stereocenters. The number of alkyl halides is 3. The molecule has 0 amide bonds. The molecular weight excluding hydrogens is 485 g/mol. The molecule has 2 aromatic heterocycles. The molecule has 0 aliphatic heterocycles. The topological polar surface area (TPSA) is 66.5 Å². The summed E-state index contributed by atoms with van der Waals surface area (Å²) in [6.45, 7) is 3.46. The fourth-order valence-corrected chi connectivity index (χ4v) is 4.10. The zero-order chi connectivity index (χ0) is 26.5. The Morgan fingerprint density at radius 2 is 1.68 bits per heavy atom. The van der Waals surface area contributed by atoms with Crippen LogP contribution in [0.25, 0.3) is 11.5 Å². The minimum absolute atomic E-state index is 0.164. The fraction of sp³-hybridized carbons (Fsp3) is 0.286. The molecule has 9 heteroatoms. The zero-order valence-corrected chi connectivity index (χ0v) is 20.5. The van der Waals surface area contributed by atoms with Gasteiger partial charge in [-0.05, 0) is 55.8 Å². The maximum atomic E-state index is 14.4. The molecular formula is C28H27F3N2O4. The number of oxazole rings is 1. The van der Waals surface area contributed by atoms with Gasteiger partial charge in [0.15, 0.2) is 0 Å². The van der Waals surface area contributed by atoms with Crippen molar-refractivity contribution < 1.29 is 31.9 Å². The Labute approximate surface area is 212 Å². The first-order chi connectivity index (χ1) is 17.7. The number of carbonyl (C=O) groups is 1. The van der Waals surface area contributed by atoms with E-state index in [1.165, 1.54) is 43.6 Å². The molecule has 0 spiro atoms. The Balaban J connectivity index is 1.45. The highest BCUT2D eigenvalue weighted by molar-refractivity contribution is 5.80. The Hall–Kier alpha value is -4.01. The average molecular weight is 513 g/mol. The van der Waals surface area contributed by atoms with Gasteiger partial charge in [0.2, 0.25) is 11.4 Å². The molecule has 0 saturated carbocycles. The van der Waals surface area contributed by atoms with E-state index in [0.717, 1.165) is 15.8 Å². The van der Waals surface area contributed by atoms with Crippen LogP contribution in [-0.4, -0.2) is 34.9 Å². The van der Waals surface area contributed by atoms with E-state index in [0.29, 0.717) is 36.0 Å². The smallest absolute Gasteiger partial charge is 0.423 e. The molecule has 0 radical (unpaired) electrons. The molecule has 0 bridgehead atoms. The van der Waals surface area contributed by atoms with Gasteiger partial charge in [-0.3, -0.25) is 0 Å². The van der Waals surface area contributed by atoms with Crippen LogP contribution in [0.2, 0.25) is 0 Å². The first-order valence-corrected chi connectivity index (χ1v) is 11.9. The number of aryl methyl sites for hydroxylation is 1. The number of halogens is 3. The minimum Gasteiger partial charge on any atom is -0.493 e. The molecule has 0 saturated heterocycles. The molecule has 6 nitrogen and oxygen atoms in total. The van der Waals surface area contributed by atoms with Crippen LogP contribution in [0.4, 0.5) is 13.2 Å². The Morgan fingerprint density at radius 3 is 2.30 bits per heavy atom. The summed E-state index contributed by atoms with van der Waals surface area (Å²) in [5, 5.41) is 0. The summed E-state index contributed by atoms with van der Waals surface area (Å²) in [6, 6.07) is 18.7. The number of rotatable bonds is 10. The number of hydrogen-bond acceptors (Lipinski definition) is 5. The third kappa shape index (κ3) is 5.55. The van der Waals surface area contributed by atoms with E-state index in [9.17, 15) is 18.0 Å². The molecule has 0 N–H and O–H groups in total. The minimum atomic E-state index is -4.89. The number of nitrogens with zero attached hydrogens (tertiary/aromatic N) is 2. The van der Waals surface area contributed by atoms with Gasteiger partial charge in [-0.2, -0.15) is 13.2 Å². The van der Waals surface area contributed by atoms with E-state index in [1.807, 2.05) is 37.3 Å². The summed E-state index contributed by atoms with van der Waals surface area (Å²) in [5.41, 5.74) is -0.917. The maximum Gasteiger partial charge on any atom is 0.423 e. The van der Waals surface area contributed by atoms with Crippen LogP contribution in [0.5, 0.6) is 5.75 Å². The number of aromatic nitrogens is 2. The Morgan fingerprint density at radius 1 is 1.00 bits per heavy atom. The van der Waals surface area contributed by atoms with E-state index in [-0.39, 0.29) is 6.61 Å². The van der Waals surface area contributed by atoms with Crippen LogP contribution in [0.15, 0.2) is 83.5 Å². The molecule has 0 fully saturated rings. The number of esters is 1. The lowest BCUT2D eigenvalue weighted by atomic mass is 9.89. The van der Waals surface area contributed by atoms with Gasteiger partial charge in [0.25, 0.3) is 0 Å². The summed E-state index contributed by atoms with van der Waals surface area (Å²) in [6.07, 6.45) is -2.57. The highest BCUT2D eigenvalue weighted by Gasteiger charge is 2.62. The van der Waals surface area contributed by atoms with Crippen molar-refractivity contribution in [2.45, 2.75) is 38.4 Å². The molecule has 4 aromatic rings. The molecule has 194 valence electrons. The quantitative estimate of drug-likeness (QED) is 0.239. The lowest BCUT2D eigenvalue weighted by molar-refractivity contribution is -0.227. The second-order valence-electron chi connectivity index (χ2n) is 8.48. The number of benzene rings is 2. The van der Waals surface area contributed by atoms with Crippen molar-refractivity contribution in [2.75, 3.05) is 13.2 Å². The third-order valence-electron chi connectivity index (χ3n) is 6.03. The van der Waals surface area contributed by atoms with E-state index < -0.39 is 24.1 Å². The molecule has 37 heavy (non-hydrogen) atoms. The second kappa shape index (κ2) is 10.9. The SMILES string of the molecule is CCOC(=O)[C@](Cc1ccc(OCCc2nc(-c3ccccc3)oc2C)cc1)(n1cccc1)C(F)(F)F. The molecule has 4 rings (SSSR count). The van der Waals surface area contributed by atoms with Crippen molar-refractivity contribution in [1.82, 2.24) is 9.55 Å². The second-order valence-corrected chi connectivity index (χ2v) is 8.48. The van der Waals surface area contributed by atoms with Crippen molar-refractivity contribution in [3.8, 4) is 17.2 Å². The van der Waals surface area contributed by atoms with Crippen LogP contribution in [0.1, 0.15) is 23.9 Å². The van der Waals surface area contributed by atoms with Crippen molar-refractivity contribution in [3.05, 3.63) is 96.1 Å². The van der Waals surface area contributed by atoms with Crippen molar-refractivity contribution in [3.63, 3.8) is 0 Å². The summed E-state index contributed by atoms with van der Waals surface area (Å²) in [4.78, 5) is 17.2. The summed E-state index contributed by atoms with van der Waals surface area (Å²) < 4.78 is 60.4. The number of hydrogen-bond donors (Lipinski definition) is 0. The molecule has 2 heterocycles. The summed E-state index contributed by atoms with van der Waals surface area (Å²) in [7, 11) is 0. The van der Waals surface area contributed by atoms with E-state index >= 15 is 0 Å². The number of ether oxygens (including phenoxy) is 2. The molecule has 0 aliphatic carbocycles. The molecule has 2 aromatic carbocycles. The summed E-state index contributed by atoms with van der Waals surface area (Å²) >= 11 is 0. The first kappa shape index (κ1) is 26.1. The van der Waals surface area contributed by atoms with Gasteiger partial charge in [0.1, 0.15) is 11.5 Å². The van der Waals surface area contributed by atoms with Gasteiger partial charge in [-0.1, -0.05) is 30.3 Å². The van der Waals surface area contributed by atoms with Crippen molar-refractivity contribution in [1.29, 1.82) is 0 Å². The largest absolute Gasteiger partial charge is 0.493 e. The lowest BCUT2D eigenvalue weighted by Gasteiger charge is -2.35. The van der Waals surface area contributed by atoms with Crippen LogP contribution in [0, 0.1) is 6.92 Å². The lowest BCUT2D eigenvalue weighted by Crippen LogP contribution is -2.56. The van der Waals surface area contributed by atoms with Crippen LogP contribution in [-0.2, 0) is 27.9 Å². The van der Waals surface area contributed by atoms with Crippen LogP contribution >= 0.6 is 0 Å². The predicted molar refractivity (Wildman–Crippen MR) is 131 cm³/mol. The van der Waals surface area contributed by atoms with Gasteiger partial charge >= 0.3 is 12.1 Å². The molecule has 0 aliphatic rings. The van der Waals surface area contributed by atoms with Crippen molar-refractivity contribution >= 4 is 5.97 Å². The van der Waals surface area contributed by atoms with E-state index in [2.05, 4.69) is 4.98 Å². The van der Waals surface area contributed by atoms with Gasteiger partial charge in [0.05, 0.1) is 18.9 Å². The van der Waals surface area contributed by atoms with Gasteiger partial charge < -0.3 is 18.5 Å². The average Bonchev–Trinajstić information content (AvgIpc) is 3.54. The van der Waals surface area contributed by atoms with E-state index in [4.69, 9.17) is 13.9 Å². The van der Waals surface area contributed by atoms with Gasteiger partial charge in [-0.15, -0.1) is 0 Å². The molecule has 1 atom stereocenters. The Kier molecular flexibility index (Phi) is 7.71. The number of carbonyl (C=O) groups excluding carboxylic acids is 1. The fourth-order valence-electron chi connectivity index (χ4n) is 4.10. The Bertz CT molecular complexity index is 1300.